The van der Waals surface area contributed by atoms with Gasteiger partial charge in [0, 0.05) is 17.6 Å². The lowest BCUT2D eigenvalue weighted by atomic mass is 10.1. The van der Waals surface area contributed by atoms with Gasteiger partial charge in [0.1, 0.15) is 11.3 Å². The molecule has 0 atom stereocenters. The SMILES string of the molecule is CCn1c(=O)c(/C=N/NC(=S)Nc2ccccc2)c(O)c2ccccc21. The van der Waals surface area contributed by atoms with Crippen LogP contribution in [0.1, 0.15) is 12.5 Å². The Kier molecular flexibility index (Phi) is 5.28. The van der Waals surface area contributed by atoms with Gasteiger partial charge in [0.05, 0.1) is 11.7 Å². The number of para-hydroxylation sites is 2. The van der Waals surface area contributed by atoms with Crippen LogP contribution < -0.4 is 16.3 Å². The number of benzene rings is 2. The van der Waals surface area contributed by atoms with Crippen LogP contribution in [0, 0.1) is 0 Å². The van der Waals surface area contributed by atoms with Crippen LogP contribution in [0.4, 0.5) is 5.69 Å². The Bertz CT molecular complexity index is 1030. The minimum absolute atomic E-state index is 0.0946. The highest BCUT2D eigenvalue weighted by molar-refractivity contribution is 7.80. The Hall–Kier alpha value is -3.19. The summed E-state index contributed by atoms with van der Waals surface area (Å²) in [6, 6.07) is 16.6. The number of pyridine rings is 1. The van der Waals surface area contributed by atoms with E-state index in [-0.39, 0.29) is 22.0 Å². The van der Waals surface area contributed by atoms with E-state index in [1.54, 1.807) is 16.7 Å². The average Bonchev–Trinajstić information content (AvgIpc) is 2.66. The molecule has 0 aliphatic carbocycles. The number of nitrogens with one attached hydrogen (secondary N) is 2. The van der Waals surface area contributed by atoms with E-state index in [4.69, 9.17) is 12.2 Å². The maximum atomic E-state index is 12.6. The largest absolute Gasteiger partial charge is 0.506 e. The van der Waals surface area contributed by atoms with Crippen molar-refractivity contribution >= 4 is 40.1 Å². The van der Waals surface area contributed by atoms with E-state index < -0.39 is 0 Å². The smallest absolute Gasteiger partial charge is 0.263 e. The summed E-state index contributed by atoms with van der Waals surface area (Å²) in [5.74, 6) is -0.0946. The number of anilines is 1. The van der Waals surface area contributed by atoms with Gasteiger partial charge in [0.2, 0.25) is 0 Å². The molecule has 0 saturated carbocycles. The van der Waals surface area contributed by atoms with Crippen LogP contribution in [0.2, 0.25) is 0 Å². The Morgan fingerprint density at radius 1 is 1.19 bits per heavy atom. The predicted octanol–water partition coefficient (Wildman–Crippen LogP) is 3.05. The van der Waals surface area contributed by atoms with Crippen molar-refractivity contribution in [2.24, 2.45) is 5.10 Å². The molecule has 0 radical (unpaired) electrons. The molecule has 3 N–H and O–H groups in total. The molecule has 0 aliphatic rings. The summed E-state index contributed by atoms with van der Waals surface area (Å²) in [6.45, 7) is 2.37. The number of aromatic hydroxyl groups is 1. The van der Waals surface area contributed by atoms with Gasteiger partial charge in [-0.1, -0.05) is 30.3 Å². The third-order valence-corrected chi connectivity index (χ3v) is 4.08. The Morgan fingerprint density at radius 3 is 2.62 bits per heavy atom. The zero-order valence-electron chi connectivity index (χ0n) is 14.1. The number of fused-ring (bicyclic) bond motifs is 1. The second-order valence-electron chi connectivity index (χ2n) is 5.52. The van der Waals surface area contributed by atoms with Gasteiger partial charge in [-0.3, -0.25) is 10.2 Å². The van der Waals surface area contributed by atoms with Crippen LogP contribution in [-0.4, -0.2) is 21.0 Å². The van der Waals surface area contributed by atoms with Crippen LogP contribution in [0.5, 0.6) is 5.75 Å². The number of hydrazone groups is 1. The number of hydrogen-bond acceptors (Lipinski definition) is 4. The van der Waals surface area contributed by atoms with Gasteiger partial charge in [-0.15, -0.1) is 0 Å². The van der Waals surface area contributed by atoms with E-state index in [0.717, 1.165) is 5.69 Å². The number of hydrogen-bond donors (Lipinski definition) is 3. The molecule has 0 unspecified atom stereocenters. The number of thiocarbonyl (C=S) groups is 1. The summed E-state index contributed by atoms with van der Waals surface area (Å²) >= 11 is 5.16. The molecule has 0 amide bonds. The van der Waals surface area contributed by atoms with Gasteiger partial charge in [-0.2, -0.15) is 5.10 Å². The van der Waals surface area contributed by atoms with Gasteiger partial charge in [0.25, 0.3) is 5.56 Å². The maximum absolute atomic E-state index is 12.6. The summed E-state index contributed by atoms with van der Waals surface area (Å²) < 4.78 is 1.59. The number of aromatic nitrogens is 1. The fourth-order valence-corrected chi connectivity index (χ4v) is 2.85. The third-order valence-electron chi connectivity index (χ3n) is 3.89. The van der Waals surface area contributed by atoms with Crippen molar-refractivity contribution in [1.82, 2.24) is 9.99 Å². The van der Waals surface area contributed by atoms with E-state index in [1.807, 2.05) is 49.4 Å². The summed E-state index contributed by atoms with van der Waals surface area (Å²) in [6.07, 6.45) is 1.29. The van der Waals surface area contributed by atoms with Crippen LogP contribution >= 0.6 is 12.2 Å². The summed E-state index contributed by atoms with van der Waals surface area (Å²) in [7, 11) is 0. The molecule has 0 aliphatic heterocycles. The van der Waals surface area contributed by atoms with E-state index in [9.17, 15) is 9.90 Å². The minimum atomic E-state index is -0.309. The van der Waals surface area contributed by atoms with Gasteiger partial charge < -0.3 is 15.0 Å². The van der Waals surface area contributed by atoms with Crippen LogP contribution in [0.25, 0.3) is 10.9 Å². The van der Waals surface area contributed by atoms with Crippen molar-refractivity contribution in [3.63, 3.8) is 0 Å². The number of rotatable bonds is 4. The first-order valence-corrected chi connectivity index (χ1v) is 8.52. The molecule has 3 rings (SSSR count). The van der Waals surface area contributed by atoms with Crippen molar-refractivity contribution in [2.45, 2.75) is 13.5 Å². The molecule has 2 aromatic carbocycles. The van der Waals surface area contributed by atoms with Gasteiger partial charge in [0.15, 0.2) is 5.11 Å². The number of aryl methyl sites for hydroxylation is 1. The second-order valence-corrected chi connectivity index (χ2v) is 5.93. The molecule has 6 nitrogen and oxygen atoms in total. The molecular formula is C19H18N4O2S. The Labute approximate surface area is 155 Å². The van der Waals surface area contributed by atoms with Crippen LogP contribution in [0.15, 0.2) is 64.5 Å². The second kappa shape index (κ2) is 7.79. The fourth-order valence-electron chi connectivity index (χ4n) is 2.68. The van der Waals surface area contributed by atoms with Gasteiger partial charge in [-0.25, -0.2) is 0 Å². The van der Waals surface area contributed by atoms with Gasteiger partial charge in [-0.05, 0) is 43.4 Å². The fraction of sp³-hybridized carbons (Fsp3) is 0.105. The first-order chi connectivity index (χ1) is 12.6. The maximum Gasteiger partial charge on any atom is 0.263 e. The lowest BCUT2D eigenvalue weighted by Gasteiger charge is -2.11. The standard InChI is InChI=1S/C19H18N4O2S/c1-2-23-16-11-7-6-10-14(16)17(24)15(18(23)25)12-20-22-19(26)21-13-8-4-3-5-9-13/h3-12,24H,2H2,1H3,(H2,21,22,26)/b20-12+. The van der Waals surface area contributed by atoms with Crippen molar-refractivity contribution in [3.05, 3.63) is 70.5 Å². The Balaban J connectivity index is 1.85. The highest BCUT2D eigenvalue weighted by atomic mass is 32.1. The lowest BCUT2D eigenvalue weighted by Crippen LogP contribution is -2.26. The average molecular weight is 366 g/mol. The highest BCUT2D eigenvalue weighted by Gasteiger charge is 2.13. The minimum Gasteiger partial charge on any atom is -0.506 e. The van der Waals surface area contributed by atoms with Crippen molar-refractivity contribution < 1.29 is 5.11 Å². The molecule has 1 heterocycles. The van der Waals surface area contributed by atoms with E-state index >= 15 is 0 Å². The van der Waals surface area contributed by atoms with Crippen molar-refractivity contribution in [2.75, 3.05) is 5.32 Å². The van der Waals surface area contributed by atoms with E-state index in [1.165, 1.54) is 6.21 Å². The topological polar surface area (TPSA) is 78.7 Å². The van der Waals surface area contributed by atoms with Crippen LogP contribution in [-0.2, 0) is 6.54 Å². The molecule has 0 spiro atoms. The molecule has 26 heavy (non-hydrogen) atoms. The molecule has 0 saturated heterocycles. The molecule has 3 aromatic rings. The van der Waals surface area contributed by atoms with Crippen molar-refractivity contribution in [3.8, 4) is 5.75 Å². The number of nitrogens with zero attached hydrogens (tertiary/aromatic N) is 2. The zero-order chi connectivity index (χ0) is 18.5. The van der Waals surface area contributed by atoms with Crippen LogP contribution in [0.3, 0.4) is 0 Å². The lowest BCUT2D eigenvalue weighted by molar-refractivity contribution is 0.478. The highest BCUT2D eigenvalue weighted by Crippen LogP contribution is 2.25. The first kappa shape index (κ1) is 17.6. The normalized spacial score (nSPS) is 11.0. The zero-order valence-corrected chi connectivity index (χ0v) is 15.0. The summed E-state index contributed by atoms with van der Waals surface area (Å²) in [5, 5.41) is 18.3. The molecule has 7 heteroatoms. The molecular weight excluding hydrogens is 348 g/mol. The summed E-state index contributed by atoms with van der Waals surface area (Å²) in [4.78, 5) is 12.6. The molecule has 1 aromatic heterocycles. The molecule has 132 valence electrons. The monoisotopic (exact) mass is 366 g/mol. The van der Waals surface area contributed by atoms with E-state index in [2.05, 4.69) is 15.8 Å². The molecule has 0 fully saturated rings. The third kappa shape index (κ3) is 3.57. The Morgan fingerprint density at radius 2 is 1.88 bits per heavy atom. The quantitative estimate of drug-likeness (QED) is 0.376. The van der Waals surface area contributed by atoms with Crippen molar-refractivity contribution in [1.29, 1.82) is 0 Å². The van der Waals surface area contributed by atoms with Gasteiger partial charge >= 0.3 is 0 Å². The molecule has 0 bridgehead atoms. The summed E-state index contributed by atoms with van der Waals surface area (Å²) in [5.41, 5.74) is 3.96. The predicted molar refractivity (Wildman–Crippen MR) is 109 cm³/mol. The first-order valence-electron chi connectivity index (χ1n) is 8.11. The van der Waals surface area contributed by atoms with E-state index in [0.29, 0.717) is 17.4 Å².